The second-order valence-corrected chi connectivity index (χ2v) is 13.6. The molecule has 3 nitrogen and oxygen atoms in total. The molecule has 0 fully saturated rings. The van der Waals surface area contributed by atoms with E-state index in [-0.39, 0.29) is 0 Å². The van der Waals surface area contributed by atoms with Gasteiger partial charge in [-0.15, -0.1) is 11.3 Å². The molecule has 0 N–H and O–H groups in total. The summed E-state index contributed by atoms with van der Waals surface area (Å²) in [5.41, 5.74) is 11.4. The number of aromatic nitrogens is 3. The lowest BCUT2D eigenvalue weighted by Crippen LogP contribution is -2.03. The van der Waals surface area contributed by atoms with E-state index < -0.39 is 0 Å². The minimum Gasteiger partial charge on any atom is -0.278 e. The second-order valence-electron chi connectivity index (χ2n) is 12.5. The van der Waals surface area contributed by atoms with Gasteiger partial charge in [0.05, 0.1) is 22.2 Å². The molecule has 1 aliphatic rings. The SMILES string of the molecule is C1=Cc2c(sc3ccc(-c4ccc5c(c4)c4ccccc4n5-c4nc(-c5ccc(-c6ccccc6)cc5)c5ccccc5n4)cc23)CC1. The Bertz CT molecular complexity index is 2710. The number of allylic oxidation sites excluding steroid dienone is 1. The fraction of sp³-hybridized carbons (Fsp3) is 0.0455. The van der Waals surface area contributed by atoms with Crippen molar-refractivity contribution in [3.8, 4) is 39.5 Å². The highest BCUT2D eigenvalue weighted by molar-refractivity contribution is 7.19. The molecule has 0 saturated heterocycles. The van der Waals surface area contributed by atoms with Gasteiger partial charge in [-0.3, -0.25) is 4.57 Å². The third-order valence-electron chi connectivity index (χ3n) is 9.69. The molecule has 4 heteroatoms. The quantitative estimate of drug-likeness (QED) is 0.193. The molecule has 10 rings (SSSR count). The van der Waals surface area contributed by atoms with E-state index in [1.165, 1.54) is 53.6 Å². The molecule has 48 heavy (non-hydrogen) atoms. The van der Waals surface area contributed by atoms with Crippen molar-refractivity contribution < 1.29 is 0 Å². The summed E-state index contributed by atoms with van der Waals surface area (Å²) >= 11 is 1.94. The van der Waals surface area contributed by atoms with Gasteiger partial charge in [-0.25, -0.2) is 9.97 Å². The van der Waals surface area contributed by atoms with Crippen LogP contribution in [0.5, 0.6) is 0 Å². The van der Waals surface area contributed by atoms with Gasteiger partial charge in [0.15, 0.2) is 0 Å². The van der Waals surface area contributed by atoms with Crippen molar-refractivity contribution in [2.24, 2.45) is 0 Å². The van der Waals surface area contributed by atoms with Gasteiger partial charge < -0.3 is 0 Å². The number of thiophene rings is 1. The van der Waals surface area contributed by atoms with Crippen molar-refractivity contribution in [3.05, 3.63) is 156 Å². The Balaban J connectivity index is 1.14. The molecule has 0 bridgehead atoms. The van der Waals surface area contributed by atoms with Crippen LogP contribution < -0.4 is 0 Å². The second kappa shape index (κ2) is 10.9. The van der Waals surface area contributed by atoms with Crippen LogP contribution >= 0.6 is 11.3 Å². The summed E-state index contributed by atoms with van der Waals surface area (Å²) in [4.78, 5) is 12.0. The number of nitrogens with zero attached hydrogens (tertiary/aromatic N) is 3. The van der Waals surface area contributed by atoms with E-state index in [0.29, 0.717) is 5.95 Å². The fourth-order valence-electron chi connectivity index (χ4n) is 7.33. The van der Waals surface area contributed by atoms with Crippen molar-refractivity contribution in [1.29, 1.82) is 0 Å². The number of hydrogen-bond acceptors (Lipinski definition) is 3. The lowest BCUT2D eigenvalue weighted by atomic mass is 9.98. The van der Waals surface area contributed by atoms with Crippen LogP contribution in [0.15, 0.2) is 146 Å². The van der Waals surface area contributed by atoms with Crippen molar-refractivity contribution in [2.45, 2.75) is 12.8 Å². The lowest BCUT2D eigenvalue weighted by Gasteiger charge is -2.12. The van der Waals surface area contributed by atoms with Crippen LogP contribution in [0, 0.1) is 0 Å². The Morgan fingerprint density at radius 1 is 0.521 bits per heavy atom. The number of aryl methyl sites for hydroxylation is 1. The monoisotopic (exact) mass is 631 g/mol. The van der Waals surface area contributed by atoms with Gasteiger partial charge in [0.1, 0.15) is 0 Å². The van der Waals surface area contributed by atoms with E-state index in [4.69, 9.17) is 9.97 Å². The van der Waals surface area contributed by atoms with Gasteiger partial charge >= 0.3 is 0 Å². The highest BCUT2D eigenvalue weighted by Gasteiger charge is 2.19. The first kappa shape index (κ1) is 27.3. The molecule has 3 heterocycles. The molecular weight excluding hydrogens is 603 g/mol. The molecule has 9 aromatic rings. The van der Waals surface area contributed by atoms with Crippen LogP contribution in [-0.4, -0.2) is 14.5 Å². The Morgan fingerprint density at radius 3 is 2.06 bits per heavy atom. The Kier molecular flexibility index (Phi) is 6.18. The van der Waals surface area contributed by atoms with Crippen LogP contribution in [-0.2, 0) is 6.42 Å². The zero-order valence-corrected chi connectivity index (χ0v) is 26.9. The van der Waals surface area contributed by atoms with Crippen molar-refractivity contribution in [2.75, 3.05) is 0 Å². The van der Waals surface area contributed by atoms with E-state index >= 15 is 0 Å². The molecule has 0 spiro atoms. The first-order valence-electron chi connectivity index (χ1n) is 16.5. The third kappa shape index (κ3) is 4.34. The first-order valence-corrected chi connectivity index (χ1v) is 17.3. The zero-order chi connectivity index (χ0) is 31.6. The molecule has 3 aromatic heterocycles. The minimum absolute atomic E-state index is 0.674. The third-order valence-corrected chi connectivity index (χ3v) is 10.9. The summed E-state index contributed by atoms with van der Waals surface area (Å²) in [6, 6.07) is 49.9. The van der Waals surface area contributed by atoms with Crippen LogP contribution in [0.25, 0.3) is 88.3 Å². The number of hydrogen-bond donors (Lipinski definition) is 0. The van der Waals surface area contributed by atoms with Crippen LogP contribution in [0.2, 0.25) is 0 Å². The average Bonchev–Trinajstić information content (AvgIpc) is 3.70. The van der Waals surface area contributed by atoms with Crippen molar-refractivity contribution >= 4 is 60.2 Å². The maximum Gasteiger partial charge on any atom is 0.235 e. The molecule has 0 unspecified atom stereocenters. The Morgan fingerprint density at radius 2 is 1.19 bits per heavy atom. The summed E-state index contributed by atoms with van der Waals surface area (Å²) in [7, 11) is 0. The summed E-state index contributed by atoms with van der Waals surface area (Å²) in [6.07, 6.45) is 6.90. The smallest absolute Gasteiger partial charge is 0.235 e. The Hall–Kier alpha value is -5.84. The number of fused-ring (bicyclic) bond motifs is 7. The van der Waals surface area contributed by atoms with Crippen LogP contribution in [0.3, 0.4) is 0 Å². The predicted molar refractivity (Wildman–Crippen MR) is 203 cm³/mol. The molecule has 1 aliphatic carbocycles. The largest absolute Gasteiger partial charge is 0.278 e. The highest BCUT2D eigenvalue weighted by atomic mass is 32.1. The average molecular weight is 632 g/mol. The lowest BCUT2D eigenvalue weighted by molar-refractivity contribution is 1.01. The van der Waals surface area contributed by atoms with E-state index in [2.05, 4.69) is 156 Å². The normalized spacial score (nSPS) is 12.8. The number of benzene rings is 6. The molecule has 226 valence electrons. The van der Waals surface area contributed by atoms with Crippen LogP contribution in [0.4, 0.5) is 0 Å². The highest BCUT2D eigenvalue weighted by Crippen LogP contribution is 2.40. The summed E-state index contributed by atoms with van der Waals surface area (Å²) in [6.45, 7) is 0. The molecule has 0 radical (unpaired) electrons. The predicted octanol–water partition coefficient (Wildman–Crippen LogP) is 11.9. The van der Waals surface area contributed by atoms with E-state index in [9.17, 15) is 0 Å². The molecule has 0 aliphatic heterocycles. The van der Waals surface area contributed by atoms with E-state index in [0.717, 1.165) is 46.0 Å². The first-order chi connectivity index (χ1) is 23.8. The van der Waals surface area contributed by atoms with Crippen molar-refractivity contribution in [3.63, 3.8) is 0 Å². The number of para-hydroxylation sites is 2. The van der Waals surface area contributed by atoms with Crippen LogP contribution in [0.1, 0.15) is 16.9 Å². The molecule has 0 atom stereocenters. The summed E-state index contributed by atoms with van der Waals surface area (Å²) in [5.74, 6) is 0.674. The molecule has 0 amide bonds. The summed E-state index contributed by atoms with van der Waals surface area (Å²) in [5, 5.41) is 4.79. The van der Waals surface area contributed by atoms with Gasteiger partial charge in [0.2, 0.25) is 5.95 Å². The molecular formula is C44H29N3S. The minimum atomic E-state index is 0.674. The van der Waals surface area contributed by atoms with Gasteiger partial charge in [0.25, 0.3) is 0 Å². The molecule has 6 aromatic carbocycles. The van der Waals surface area contributed by atoms with Crippen molar-refractivity contribution in [1.82, 2.24) is 14.5 Å². The molecule has 0 saturated carbocycles. The van der Waals surface area contributed by atoms with Gasteiger partial charge in [-0.1, -0.05) is 115 Å². The van der Waals surface area contributed by atoms with Gasteiger partial charge in [-0.2, -0.15) is 0 Å². The van der Waals surface area contributed by atoms with Gasteiger partial charge in [-0.05, 0) is 77.1 Å². The van der Waals surface area contributed by atoms with E-state index in [1.54, 1.807) is 0 Å². The fourth-order valence-corrected chi connectivity index (χ4v) is 8.52. The van der Waals surface area contributed by atoms with E-state index in [1.807, 2.05) is 11.3 Å². The maximum absolute atomic E-state index is 5.31. The maximum atomic E-state index is 5.31. The number of rotatable bonds is 4. The topological polar surface area (TPSA) is 30.7 Å². The standard InChI is InChI=1S/C44H29N3S/c1-2-10-28(11-3-1)29-18-20-30(21-19-29)43-35-14-4-7-15-38(35)45-44(46-43)47-39-16-8-5-12-33(39)36-26-31(22-24-40(36)47)32-23-25-42-37(27-32)34-13-6-9-17-41(34)48-42/h1-8,10-16,18-27H,9,17H2. The zero-order valence-electron chi connectivity index (χ0n) is 26.1. The van der Waals surface area contributed by atoms with Gasteiger partial charge in [0, 0.05) is 36.7 Å². The summed E-state index contributed by atoms with van der Waals surface area (Å²) < 4.78 is 3.60. The Labute approximate surface area is 282 Å².